The number of rotatable bonds is 5. The predicted molar refractivity (Wildman–Crippen MR) is 86.2 cm³/mol. The van der Waals surface area contributed by atoms with Crippen LogP contribution in [0.25, 0.3) is 0 Å². The first-order valence-electron chi connectivity index (χ1n) is 6.80. The quantitative estimate of drug-likeness (QED) is 0.908. The standard InChI is InChI=1S/C16H18FNO4S/c1-10-5-6-11(2)13(7-10)18-23(19,20)16-9-15(22-4)14(21-3)8-12(16)17/h5-9,18H,1-4H3. The Morgan fingerprint density at radius 2 is 1.61 bits per heavy atom. The maximum absolute atomic E-state index is 14.2. The highest BCUT2D eigenvalue weighted by Gasteiger charge is 2.23. The molecule has 0 unspecified atom stereocenters. The number of hydrogen-bond donors (Lipinski definition) is 1. The fraction of sp³-hybridized carbons (Fsp3) is 0.250. The maximum atomic E-state index is 14.2. The Bertz CT molecular complexity index is 834. The lowest BCUT2D eigenvalue weighted by Crippen LogP contribution is -2.16. The molecule has 0 saturated heterocycles. The first-order chi connectivity index (χ1) is 10.8. The molecule has 0 amide bonds. The lowest BCUT2D eigenvalue weighted by molar-refractivity contribution is 0.350. The van der Waals surface area contributed by atoms with E-state index in [1.54, 1.807) is 19.1 Å². The zero-order valence-electron chi connectivity index (χ0n) is 13.3. The van der Waals surface area contributed by atoms with Gasteiger partial charge >= 0.3 is 0 Å². The van der Waals surface area contributed by atoms with Crippen molar-refractivity contribution in [2.45, 2.75) is 18.7 Å². The number of anilines is 1. The third-order valence-corrected chi connectivity index (χ3v) is 4.75. The van der Waals surface area contributed by atoms with Crippen LogP contribution < -0.4 is 14.2 Å². The van der Waals surface area contributed by atoms with Crippen molar-refractivity contribution in [1.29, 1.82) is 0 Å². The van der Waals surface area contributed by atoms with Gasteiger partial charge in [-0.15, -0.1) is 0 Å². The summed E-state index contributed by atoms with van der Waals surface area (Å²) in [6.45, 7) is 3.61. The second-order valence-electron chi connectivity index (χ2n) is 5.06. The van der Waals surface area contributed by atoms with E-state index in [0.717, 1.165) is 23.3 Å². The van der Waals surface area contributed by atoms with E-state index in [0.29, 0.717) is 5.69 Å². The van der Waals surface area contributed by atoms with Gasteiger partial charge in [-0.1, -0.05) is 12.1 Å². The number of aryl methyl sites for hydroxylation is 2. The molecule has 124 valence electrons. The van der Waals surface area contributed by atoms with E-state index < -0.39 is 20.7 Å². The van der Waals surface area contributed by atoms with E-state index in [1.165, 1.54) is 14.2 Å². The average Bonchev–Trinajstić information content (AvgIpc) is 2.50. The van der Waals surface area contributed by atoms with Gasteiger partial charge in [-0.25, -0.2) is 12.8 Å². The summed E-state index contributed by atoms with van der Waals surface area (Å²) in [6.07, 6.45) is 0. The number of ether oxygens (including phenoxy) is 2. The lowest BCUT2D eigenvalue weighted by atomic mass is 10.1. The molecular formula is C16H18FNO4S. The highest BCUT2D eigenvalue weighted by Crippen LogP contribution is 2.33. The van der Waals surface area contributed by atoms with Crippen LogP contribution in [-0.2, 0) is 10.0 Å². The van der Waals surface area contributed by atoms with Crippen molar-refractivity contribution >= 4 is 15.7 Å². The molecule has 2 aromatic carbocycles. The van der Waals surface area contributed by atoms with Gasteiger partial charge in [-0.3, -0.25) is 4.72 Å². The summed E-state index contributed by atoms with van der Waals surface area (Å²) in [4.78, 5) is -0.504. The number of nitrogens with one attached hydrogen (secondary N) is 1. The molecule has 2 rings (SSSR count). The molecular weight excluding hydrogens is 321 g/mol. The fourth-order valence-electron chi connectivity index (χ4n) is 2.09. The molecule has 0 aliphatic heterocycles. The minimum Gasteiger partial charge on any atom is -0.493 e. The fourth-order valence-corrected chi connectivity index (χ4v) is 3.28. The number of halogens is 1. The monoisotopic (exact) mass is 339 g/mol. The second kappa shape index (κ2) is 6.45. The van der Waals surface area contributed by atoms with Gasteiger partial charge in [0.1, 0.15) is 10.7 Å². The van der Waals surface area contributed by atoms with Gasteiger partial charge in [-0.05, 0) is 31.0 Å². The van der Waals surface area contributed by atoms with Crippen LogP contribution in [0.5, 0.6) is 11.5 Å². The van der Waals surface area contributed by atoms with Crippen LogP contribution in [-0.4, -0.2) is 22.6 Å². The van der Waals surface area contributed by atoms with Crippen molar-refractivity contribution in [1.82, 2.24) is 0 Å². The van der Waals surface area contributed by atoms with Gasteiger partial charge in [0.05, 0.1) is 19.9 Å². The van der Waals surface area contributed by atoms with Crippen molar-refractivity contribution in [3.05, 3.63) is 47.3 Å². The van der Waals surface area contributed by atoms with Crippen LogP contribution in [0.15, 0.2) is 35.2 Å². The number of sulfonamides is 1. The summed E-state index contributed by atoms with van der Waals surface area (Å²) >= 11 is 0. The van der Waals surface area contributed by atoms with Crippen LogP contribution in [0.4, 0.5) is 10.1 Å². The van der Waals surface area contributed by atoms with Crippen molar-refractivity contribution in [2.75, 3.05) is 18.9 Å². The van der Waals surface area contributed by atoms with Gasteiger partial charge in [0.2, 0.25) is 0 Å². The van der Waals surface area contributed by atoms with Crippen LogP contribution in [0.2, 0.25) is 0 Å². The molecule has 2 aromatic rings. The molecule has 0 aliphatic carbocycles. The van der Waals surface area contributed by atoms with Crippen molar-refractivity contribution in [3.63, 3.8) is 0 Å². The van der Waals surface area contributed by atoms with Crippen LogP contribution in [0.3, 0.4) is 0 Å². The summed E-state index contributed by atoms with van der Waals surface area (Å²) < 4.78 is 51.6. The molecule has 23 heavy (non-hydrogen) atoms. The number of benzene rings is 2. The van der Waals surface area contributed by atoms with E-state index in [-0.39, 0.29) is 11.5 Å². The lowest BCUT2D eigenvalue weighted by Gasteiger charge is -2.14. The summed E-state index contributed by atoms with van der Waals surface area (Å²) in [5.74, 6) is -0.661. The Morgan fingerprint density at radius 1 is 1.00 bits per heavy atom. The minimum absolute atomic E-state index is 0.121. The molecule has 0 spiro atoms. The van der Waals surface area contributed by atoms with E-state index in [9.17, 15) is 12.8 Å². The molecule has 0 radical (unpaired) electrons. The summed E-state index contributed by atoms with van der Waals surface area (Å²) in [7, 11) is -1.40. The predicted octanol–water partition coefficient (Wildman–Crippen LogP) is 3.26. The Labute approximate surface area is 135 Å². The first-order valence-corrected chi connectivity index (χ1v) is 8.28. The summed E-state index contributed by atoms with van der Waals surface area (Å²) in [5, 5.41) is 0. The number of methoxy groups -OCH3 is 2. The molecule has 0 saturated carbocycles. The Morgan fingerprint density at radius 3 is 2.22 bits per heavy atom. The maximum Gasteiger partial charge on any atom is 0.264 e. The van der Waals surface area contributed by atoms with E-state index in [2.05, 4.69) is 4.72 Å². The Hall–Kier alpha value is -2.28. The zero-order chi connectivity index (χ0) is 17.2. The summed E-state index contributed by atoms with van der Waals surface area (Å²) in [6, 6.07) is 7.42. The first kappa shape index (κ1) is 17.1. The van der Waals surface area contributed by atoms with Gasteiger partial charge < -0.3 is 9.47 Å². The molecule has 0 aromatic heterocycles. The molecule has 5 nitrogen and oxygen atoms in total. The largest absolute Gasteiger partial charge is 0.493 e. The minimum atomic E-state index is -4.10. The van der Waals surface area contributed by atoms with Crippen molar-refractivity contribution in [3.8, 4) is 11.5 Å². The highest BCUT2D eigenvalue weighted by molar-refractivity contribution is 7.92. The Balaban J connectivity index is 2.49. The van der Waals surface area contributed by atoms with Gasteiger partial charge in [0, 0.05) is 12.1 Å². The normalized spacial score (nSPS) is 11.2. The molecule has 0 atom stereocenters. The zero-order valence-corrected chi connectivity index (χ0v) is 14.1. The molecule has 7 heteroatoms. The van der Waals surface area contributed by atoms with Crippen LogP contribution >= 0.6 is 0 Å². The van der Waals surface area contributed by atoms with Gasteiger partial charge in [0.15, 0.2) is 11.5 Å². The molecule has 1 N–H and O–H groups in total. The summed E-state index contributed by atoms with van der Waals surface area (Å²) in [5.41, 5.74) is 2.03. The van der Waals surface area contributed by atoms with Gasteiger partial charge in [0.25, 0.3) is 10.0 Å². The molecule has 0 fully saturated rings. The number of hydrogen-bond acceptors (Lipinski definition) is 4. The molecule has 0 aliphatic rings. The molecule has 0 heterocycles. The average molecular weight is 339 g/mol. The molecule has 0 bridgehead atoms. The van der Waals surface area contributed by atoms with Crippen molar-refractivity contribution < 1.29 is 22.3 Å². The van der Waals surface area contributed by atoms with Gasteiger partial charge in [-0.2, -0.15) is 0 Å². The SMILES string of the molecule is COc1cc(F)c(S(=O)(=O)Nc2cc(C)ccc2C)cc1OC. The van der Waals surface area contributed by atoms with Crippen molar-refractivity contribution in [2.24, 2.45) is 0 Å². The van der Waals surface area contributed by atoms with E-state index in [1.807, 2.05) is 13.0 Å². The third-order valence-electron chi connectivity index (χ3n) is 3.36. The van der Waals surface area contributed by atoms with E-state index in [4.69, 9.17) is 9.47 Å². The van der Waals surface area contributed by atoms with Crippen LogP contribution in [0, 0.1) is 19.7 Å². The van der Waals surface area contributed by atoms with E-state index >= 15 is 0 Å². The highest BCUT2D eigenvalue weighted by atomic mass is 32.2. The Kier molecular flexibility index (Phi) is 4.79. The smallest absolute Gasteiger partial charge is 0.264 e. The second-order valence-corrected chi connectivity index (χ2v) is 6.71. The van der Waals surface area contributed by atoms with Crippen LogP contribution in [0.1, 0.15) is 11.1 Å². The third kappa shape index (κ3) is 3.56. The topological polar surface area (TPSA) is 64.6 Å².